The number of carbonyl (C=O) groups excluding carboxylic acids is 1. The summed E-state index contributed by atoms with van der Waals surface area (Å²) in [6.07, 6.45) is 1.57. The van der Waals surface area contributed by atoms with Crippen molar-refractivity contribution in [2.24, 2.45) is 17.4 Å². The first-order valence-corrected chi connectivity index (χ1v) is 6.78. The smallest absolute Gasteiger partial charge is 0.223 e. The zero-order valence-corrected chi connectivity index (χ0v) is 12.1. The summed E-state index contributed by atoms with van der Waals surface area (Å²) in [5.41, 5.74) is 12.1. The van der Waals surface area contributed by atoms with Crippen molar-refractivity contribution in [3.05, 3.63) is 28.8 Å². The van der Waals surface area contributed by atoms with Gasteiger partial charge in [0, 0.05) is 11.1 Å². The number of hydrogen-bond acceptors (Lipinski definition) is 3. The Morgan fingerprint density at radius 1 is 1.47 bits per heavy atom. The fourth-order valence-electron chi connectivity index (χ4n) is 1.57. The highest BCUT2D eigenvalue weighted by atomic mass is 35.5. The maximum atomic E-state index is 11.0. The van der Waals surface area contributed by atoms with Crippen LogP contribution < -0.4 is 16.2 Å². The maximum Gasteiger partial charge on any atom is 0.223 e. The Morgan fingerprint density at radius 3 is 2.74 bits per heavy atom. The van der Waals surface area contributed by atoms with E-state index in [1.54, 1.807) is 19.1 Å². The van der Waals surface area contributed by atoms with Crippen LogP contribution in [0.2, 0.25) is 5.02 Å². The number of ether oxygens (including phenoxy) is 1. The lowest BCUT2D eigenvalue weighted by molar-refractivity contribution is -0.122. The minimum Gasteiger partial charge on any atom is -0.492 e. The van der Waals surface area contributed by atoms with Gasteiger partial charge in [-0.3, -0.25) is 4.79 Å². The minimum absolute atomic E-state index is 0.0642. The van der Waals surface area contributed by atoms with Crippen LogP contribution in [0, 0.1) is 5.92 Å². The van der Waals surface area contributed by atoms with Gasteiger partial charge in [0.15, 0.2) is 0 Å². The van der Waals surface area contributed by atoms with E-state index in [1.807, 2.05) is 13.0 Å². The molecule has 0 aliphatic heterocycles. The molecular weight excluding hydrogens is 264 g/mol. The lowest BCUT2D eigenvalue weighted by Crippen LogP contribution is -2.26. The Bertz CT molecular complexity index is 437. The quantitative estimate of drug-likeness (QED) is 0.805. The molecule has 0 radical (unpaired) electrons. The van der Waals surface area contributed by atoms with Gasteiger partial charge in [-0.2, -0.15) is 0 Å². The van der Waals surface area contributed by atoms with Crippen LogP contribution >= 0.6 is 11.6 Å². The number of amides is 1. The number of hydrogen-bond donors (Lipinski definition) is 2. The zero-order valence-electron chi connectivity index (χ0n) is 11.4. The van der Waals surface area contributed by atoms with Gasteiger partial charge in [-0.25, -0.2) is 0 Å². The molecule has 1 amide bonds. The van der Waals surface area contributed by atoms with Gasteiger partial charge in [0.1, 0.15) is 5.75 Å². The predicted molar refractivity (Wildman–Crippen MR) is 77.3 cm³/mol. The number of carbonyl (C=O) groups is 1. The fraction of sp³-hybridized carbons (Fsp3) is 0.500. The summed E-state index contributed by atoms with van der Waals surface area (Å²) in [4.78, 5) is 11.0. The van der Waals surface area contributed by atoms with Crippen molar-refractivity contribution in [2.45, 2.75) is 32.7 Å². The molecule has 1 aromatic rings. The van der Waals surface area contributed by atoms with Gasteiger partial charge in [-0.15, -0.1) is 0 Å². The van der Waals surface area contributed by atoms with Crippen LogP contribution in [0.15, 0.2) is 18.2 Å². The summed E-state index contributed by atoms with van der Waals surface area (Å²) in [7, 11) is 0. The molecule has 0 spiro atoms. The van der Waals surface area contributed by atoms with E-state index in [-0.39, 0.29) is 24.5 Å². The zero-order chi connectivity index (χ0) is 14.4. The summed E-state index contributed by atoms with van der Waals surface area (Å²) in [6.45, 7) is 4.02. The van der Waals surface area contributed by atoms with Crippen LogP contribution in [0.3, 0.4) is 0 Å². The van der Waals surface area contributed by atoms with Gasteiger partial charge >= 0.3 is 0 Å². The molecule has 19 heavy (non-hydrogen) atoms. The van der Waals surface area contributed by atoms with Crippen molar-refractivity contribution in [3.8, 4) is 5.75 Å². The third-order valence-corrected chi connectivity index (χ3v) is 3.24. The van der Waals surface area contributed by atoms with Gasteiger partial charge in [0.05, 0.1) is 12.5 Å². The molecule has 0 fully saturated rings. The number of benzene rings is 1. The van der Waals surface area contributed by atoms with Crippen molar-refractivity contribution >= 4 is 17.5 Å². The molecular formula is C14H21ClN2O2. The average molecular weight is 285 g/mol. The van der Waals surface area contributed by atoms with Crippen molar-refractivity contribution in [1.82, 2.24) is 0 Å². The Kier molecular flexibility index (Phi) is 6.12. The SMILES string of the molecule is CCC(N)Cc1cc(Cl)ccc1OCC(C)C(N)=O. The van der Waals surface area contributed by atoms with Crippen LogP contribution in [0.25, 0.3) is 0 Å². The Hall–Kier alpha value is -1.26. The van der Waals surface area contributed by atoms with E-state index in [2.05, 4.69) is 0 Å². The first-order valence-electron chi connectivity index (χ1n) is 6.40. The van der Waals surface area contributed by atoms with Crippen LogP contribution in [0.5, 0.6) is 5.75 Å². The van der Waals surface area contributed by atoms with Crippen LogP contribution in [0.4, 0.5) is 0 Å². The molecule has 0 saturated carbocycles. The molecule has 106 valence electrons. The van der Waals surface area contributed by atoms with Gasteiger partial charge in [-0.05, 0) is 36.6 Å². The van der Waals surface area contributed by atoms with E-state index < -0.39 is 0 Å². The predicted octanol–water partition coefficient (Wildman–Crippen LogP) is 2.12. The third kappa shape index (κ3) is 5.09. The molecule has 5 heteroatoms. The summed E-state index contributed by atoms with van der Waals surface area (Å²) >= 11 is 5.99. The highest BCUT2D eigenvalue weighted by molar-refractivity contribution is 6.30. The average Bonchev–Trinajstić information content (AvgIpc) is 2.37. The van der Waals surface area contributed by atoms with Crippen LogP contribution in [0.1, 0.15) is 25.8 Å². The molecule has 0 heterocycles. The molecule has 0 bridgehead atoms. The molecule has 1 rings (SSSR count). The fourth-order valence-corrected chi connectivity index (χ4v) is 1.77. The lowest BCUT2D eigenvalue weighted by Gasteiger charge is -2.16. The van der Waals surface area contributed by atoms with Crippen molar-refractivity contribution < 1.29 is 9.53 Å². The van der Waals surface area contributed by atoms with Gasteiger partial charge < -0.3 is 16.2 Å². The summed E-state index contributed by atoms with van der Waals surface area (Å²) in [5.74, 6) is 0.00514. The summed E-state index contributed by atoms with van der Waals surface area (Å²) in [5, 5.41) is 0.647. The van der Waals surface area contributed by atoms with E-state index in [0.29, 0.717) is 17.2 Å². The van der Waals surface area contributed by atoms with Crippen molar-refractivity contribution in [3.63, 3.8) is 0 Å². The molecule has 0 saturated heterocycles. The Balaban J connectivity index is 2.78. The first-order chi connectivity index (χ1) is 8.93. The monoisotopic (exact) mass is 284 g/mol. The topological polar surface area (TPSA) is 78.3 Å². The van der Waals surface area contributed by atoms with E-state index in [1.165, 1.54) is 0 Å². The number of halogens is 1. The molecule has 2 unspecified atom stereocenters. The molecule has 1 aromatic carbocycles. The highest BCUT2D eigenvalue weighted by Crippen LogP contribution is 2.25. The van der Waals surface area contributed by atoms with Gasteiger partial charge in [0.2, 0.25) is 5.91 Å². The summed E-state index contributed by atoms with van der Waals surface area (Å²) < 4.78 is 5.65. The Morgan fingerprint density at radius 2 is 2.16 bits per heavy atom. The van der Waals surface area contributed by atoms with Crippen molar-refractivity contribution in [1.29, 1.82) is 0 Å². The standard InChI is InChI=1S/C14H21ClN2O2/c1-3-12(16)7-10-6-11(15)4-5-13(10)19-8-9(2)14(17)18/h4-6,9,12H,3,7-8,16H2,1-2H3,(H2,17,18). The highest BCUT2D eigenvalue weighted by Gasteiger charge is 2.13. The summed E-state index contributed by atoms with van der Waals surface area (Å²) in [6, 6.07) is 5.47. The number of primary amides is 1. The van der Waals surface area contributed by atoms with E-state index >= 15 is 0 Å². The number of rotatable bonds is 7. The molecule has 4 nitrogen and oxygen atoms in total. The maximum absolute atomic E-state index is 11.0. The molecule has 0 aromatic heterocycles. The Labute approximate surface area is 119 Å². The van der Waals surface area contributed by atoms with E-state index in [4.69, 9.17) is 27.8 Å². The molecule has 0 aliphatic rings. The normalized spacial score (nSPS) is 13.9. The number of nitrogens with two attached hydrogens (primary N) is 2. The molecule has 0 aliphatic carbocycles. The van der Waals surface area contributed by atoms with Gasteiger partial charge in [0.25, 0.3) is 0 Å². The van der Waals surface area contributed by atoms with E-state index in [0.717, 1.165) is 12.0 Å². The van der Waals surface area contributed by atoms with Crippen molar-refractivity contribution in [2.75, 3.05) is 6.61 Å². The minimum atomic E-state index is -0.374. The largest absolute Gasteiger partial charge is 0.492 e. The van der Waals surface area contributed by atoms with Gasteiger partial charge in [-0.1, -0.05) is 25.4 Å². The first kappa shape index (κ1) is 15.8. The van der Waals surface area contributed by atoms with E-state index in [9.17, 15) is 4.79 Å². The second-order valence-corrected chi connectivity index (χ2v) is 5.18. The van der Waals surface area contributed by atoms with Crippen LogP contribution in [-0.2, 0) is 11.2 Å². The second-order valence-electron chi connectivity index (χ2n) is 4.74. The third-order valence-electron chi connectivity index (χ3n) is 3.00. The molecule has 4 N–H and O–H groups in total. The lowest BCUT2D eigenvalue weighted by atomic mass is 10.0. The second kappa shape index (κ2) is 7.36. The van der Waals surface area contributed by atoms with Crippen LogP contribution in [-0.4, -0.2) is 18.6 Å². The molecule has 2 atom stereocenters.